The monoisotopic (exact) mass is 291 g/mol. The molecule has 0 bridgehead atoms. The molecule has 3 rings (SSSR count). The highest BCUT2D eigenvalue weighted by atomic mass is 32.1. The van der Waals surface area contributed by atoms with Gasteiger partial charge in [0.15, 0.2) is 4.96 Å². The summed E-state index contributed by atoms with van der Waals surface area (Å²) in [6.45, 7) is 1.93. The van der Waals surface area contributed by atoms with Crippen molar-refractivity contribution in [1.29, 1.82) is 0 Å². The predicted molar refractivity (Wildman–Crippen MR) is 76.9 cm³/mol. The van der Waals surface area contributed by atoms with E-state index < -0.39 is 0 Å². The summed E-state index contributed by atoms with van der Waals surface area (Å²) in [7, 11) is 0. The van der Waals surface area contributed by atoms with Crippen molar-refractivity contribution in [3.63, 3.8) is 0 Å². The Balaban J connectivity index is 1.99. The summed E-state index contributed by atoms with van der Waals surface area (Å²) in [4.78, 5) is 5.27. The molecule has 1 atom stereocenters. The van der Waals surface area contributed by atoms with Crippen LogP contribution >= 0.6 is 11.3 Å². The molecule has 0 saturated carbocycles. The first-order chi connectivity index (χ1) is 9.63. The number of halogens is 1. The quantitative estimate of drug-likeness (QED) is 0.803. The minimum absolute atomic E-state index is 0.00957. The molecule has 2 aromatic heterocycles. The van der Waals surface area contributed by atoms with Gasteiger partial charge in [-0.2, -0.15) is 4.98 Å². The summed E-state index contributed by atoms with van der Waals surface area (Å²) in [5.41, 5.74) is 6.78. The molecule has 0 saturated heterocycles. The van der Waals surface area contributed by atoms with Gasteiger partial charge in [-0.1, -0.05) is 6.07 Å². The molecule has 1 unspecified atom stereocenters. The number of nitrogens with zero attached hydrogens (tertiary/aromatic N) is 2. The zero-order chi connectivity index (χ0) is 14.1. The Morgan fingerprint density at radius 2 is 2.35 bits per heavy atom. The van der Waals surface area contributed by atoms with E-state index in [1.165, 1.54) is 23.5 Å². The van der Waals surface area contributed by atoms with E-state index in [1.807, 2.05) is 22.9 Å². The number of nitrogens with two attached hydrogens (primary N) is 1. The first kappa shape index (κ1) is 13.1. The molecule has 104 valence electrons. The highest BCUT2D eigenvalue weighted by Gasteiger charge is 2.16. The maximum Gasteiger partial charge on any atom is 0.242 e. The third kappa shape index (κ3) is 2.52. The molecule has 3 aromatic rings. The van der Waals surface area contributed by atoms with Crippen LogP contribution in [0.25, 0.3) is 4.96 Å². The van der Waals surface area contributed by atoms with E-state index in [2.05, 4.69) is 4.98 Å². The number of aromatic nitrogens is 2. The van der Waals surface area contributed by atoms with E-state index in [-0.39, 0.29) is 11.9 Å². The van der Waals surface area contributed by atoms with Crippen LogP contribution in [-0.4, -0.2) is 15.4 Å². The van der Waals surface area contributed by atoms with Crippen LogP contribution in [0.1, 0.15) is 12.6 Å². The lowest BCUT2D eigenvalue weighted by Gasteiger charge is -2.08. The predicted octanol–water partition coefficient (Wildman–Crippen LogP) is 3.22. The van der Waals surface area contributed by atoms with Crippen LogP contribution in [-0.2, 0) is 6.42 Å². The molecule has 2 heterocycles. The summed E-state index contributed by atoms with van der Waals surface area (Å²) >= 11 is 1.52. The molecular formula is C14H14FN3OS. The number of fused-ring (bicyclic) bond motifs is 1. The van der Waals surface area contributed by atoms with Crippen molar-refractivity contribution in [2.24, 2.45) is 5.73 Å². The third-order valence-corrected chi connectivity index (χ3v) is 3.61. The Kier molecular flexibility index (Phi) is 3.42. The van der Waals surface area contributed by atoms with Crippen molar-refractivity contribution in [3.05, 3.63) is 47.4 Å². The van der Waals surface area contributed by atoms with Crippen LogP contribution in [0.5, 0.6) is 11.6 Å². The largest absolute Gasteiger partial charge is 0.437 e. The van der Waals surface area contributed by atoms with E-state index >= 15 is 0 Å². The van der Waals surface area contributed by atoms with Gasteiger partial charge in [-0.05, 0) is 19.1 Å². The molecule has 0 aliphatic rings. The smallest absolute Gasteiger partial charge is 0.242 e. The first-order valence-corrected chi connectivity index (χ1v) is 7.15. The number of benzene rings is 1. The highest BCUT2D eigenvalue weighted by Crippen LogP contribution is 2.28. The van der Waals surface area contributed by atoms with Gasteiger partial charge >= 0.3 is 0 Å². The second-order valence-corrected chi connectivity index (χ2v) is 5.53. The fourth-order valence-electron chi connectivity index (χ4n) is 2.03. The zero-order valence-electron chi connectivity index (χ0n) is 10.9. The number of rotatable bonds is 4. The molecule has 2 N–H and O–H groups in total. The van der Waals surface area contributed by atoms with Gasteiger partial charge in [0.2, 0.25) is 5.88 Å². The van der Waals surface area contributed by atoms with E-state index in [0.717, 1.165) is 10.7 Å². The van der Waals surface area contributed by atoms with Crippen LogP contribution in [0.3, 0.4) is 0 Å². The lowest BCUT2D eigenvalue weighted by Crippen LogP contribution is -2.19. The molecular weight excluding hydrogens is 277 g/mol. The van der Waals surface area contributed by atoms with Gasteiger partial charge in [0.05, 0.1) is 5.69 Å². The van der Waals surface area contributed by atoms with Crippen molar-refractivity contribution < 1.29 is 9.13 Å². The highest BCUT2D eigenvalue weighted by molar-refractivity contribution is 7.15. The summed E-state index contributed by atoms with van der Waals surface area (Å²) in [5, 5.41) is 1.96. The van der Waals surface area contributed by atoms with Gasteiger partial charge in [0.1, 0.15) is 11.6 Å². The standard InChI is InChI=1S/C14H14FN3OS/c1-9(16)7-12-13(17-14-18(12)5-6-20-14)19-11-4-2-3-10(15)8-11/h2-6,8-9H,7,16H2,1H3. The number of imidazole rings is 1. The Morgan fingerprint density at radius 3 is 3.10 bits per heavy atom. The molecule has 20 heavy (non-hydrogen) atoms. The molecule has 0 spiro atoms. The van der Waals surface area contributed by atoms with Crippen molar-refractivity contribution >= 4 is 16.3 Å². The summed E-state index contributed by atoms with van der Waals surface area (Å²) < 4.78 is 20.9. The Hall–Kier alpha value is -1.92. The van der Waals surface area contributed by atoms with Gasteiger partial charge in [-0.25, -0.2) is 4.39 Å². The van der Waals surface area contributed by atoms with Crippen LogP contribution < -0.4 is 10.5 Å². The van der Waals surface area contributed by atoms with Gasteiger partial charge in [0, 0.05) is 30.1 Å². The molecule has 0 aliphatic carbocycles. The van der Waals surface area contributed by atoms with E-state index in [0.29, 0.717) is 18.1 Å². The van der Waals surface area contributed by atoms with Crippen molar-refractivity contribution in [1.82, 2.24) is 9.38 Å². The maximum atomic E-state index is 13.2. The van der Waals surface area contributed by atoms with Gasteiger partial charge in [-0.3, -0.25) is 4.40 Å². The summed E-state index contributed by atoms with van der Waals surface area (Å²) in [6, 6.07) is 6.01. The van der Waals surface area contributed by atoms with Gasteiger partial charge < -0.3 is 10.5 Å². The average molecular weight is 291 g/mol. The Labute approximate surface area is 119 Å². The van der Waals surface area contributed by atoms with Crippen LogP contribution in [0, 0.1) is 5.82 Å². The fraction of sp³-hybridized carbons (Fsp3) is 0.214. The summed E-state index contributed by atoms with van der Waals surface area (Å²) in [5.74, 6) is 0.582. The maximum absolute atomic E-state index is 13.2. The molecule has 6 heteroatoms. The topological polar surface area (TPSA) is 52.5 Å². The lowest BCUT2D eigenvalue weighted by atomic mass is 10.2. The molecule has 1 aromatic carbocycles. The number of hydrogen-bond acceptors (Lipinski definition) is 4. The summed E-state index contributed by atoms with van der Waals surface area (Å²) in [6.07, 6.45) is 2.58. The van der Waals surface area contributed by atoms with Crippen molar-refractivity contribution in [2.75, 3.05) is 0 Å². The molecule has 0 radical (unpaired) electrons. The van der Waals surface area contributed by atoms with Crippen LogP contribution in [0.15, 0.2) is 35.8 Å². The normalized spacial score (nSPS) is 12.8. The first-order valence-electron chi connectivity index (χ1n) is 6.27. The molecule has 0 amide bonds. The number of hydrogen-bond donors (Lipinski definition) is 1. The molecule has 0 aliphatic heterocycles. The van der Waals surface area contributed by atoms with Gasteiger partial charge in [-0.15, -0.1) is 11.3 Å². The lowest BCUT2D eigenvalue weighted by molar-refractivity contribution is 0.452. The Morgan fingerprint density at radius 1 is 1.50 bits per heavy atom. The van der Waals surface area contributed by atoms with Crippen molar-refractivity contribution in [2.45, 2.75) is 19.4 Å². The minimum Gasteiger partial charge on any atom is -0.437 e. The SMILES string of the molecule is CC(N)Cc1c(Oc2cccc(F)c2)nc2sccn12. The van der Waals surface area contributed by atoms with Crippen LogP contribution in [0.2, 0.25) is 0 Å². The molecule has 0 fully saturated rings. The average Bonchev–Trinajstić information content (AvgIpc) is 2.93. The van der Waals surface area contributed by atoms with E-state index in [9.17, 15) is 4.39 Å². The fourth-order valence-corrected chi connectivity index (χ4v) is 2.75. The third-order valence-electron chi connectivity index (χ3n) is 2.85. The van der Waals surface area contributed by atoms with Gasteiger partial charge in [0.25, 0.3) is 0 Å². The van der Waals surface area contributed by atoms with Crippen molar-refractivity contribution in [3.8, 4) is 11.6 Å². The second-order valence-electron chi connectivity index (χ2n) is 4.66. The second kappa shape index (κ2) is 5.22. The number of ether oxygens (including phenoxy) is 1. The Bertz CT molecular complexity index is 735. The number of thiazole rings is 1. The molecule has 4 nitrogen and oxygen atoms in total. The zero-order valence-corrected chi connectivity index (χ0v) is 11.7. The van der Waals surface area contributed by atoms with Crippen LogP contribution in [0.4, 0.5) is 4.39 Å². The van der Waals surface area contributed by atoms with E-state index in [1.54, 1.807) is 12.1 Å². The minimum atomic E-state index is -0.336. The van der Waals surface area contributed by atoms with E-state index in [4.69, 9.17) is 10.5 Å².